The molecule has 0 spiro atoms. The van der Waals surface area contributed by atoms with Crippen molar-refractivity contribution in [2.45, 2.75) is 32.9 Å². The molecule has 0 radical (unpaired) electrons. The summed E-state index contributed by atoms with van der Waals surface area (Å²) in [5.74, 6) is 1.46. The molecule has 5 heteroatoms. The molecular formula is C12H18N4O. The summed E-state index contributed by atoms with van der Waals surface area (Å²) in [4.78, 5) is 4.36. The second-order valence-electron chi connectivity index (χ2n) is 4.01. The van der Waals surface area contributed by atoms with E-state index in [2.05, 4.69) is 33.0 Å². The van der Waals surface area contributed by atoms with Gasteiger partial charge in [0, 0.05) is 24.9 Å². The van der Waals surface area contributed by atoms with Crippen LogP contribution in [0.5, 0.6) is 0 Å². The van der Waals surface area contributed by atoms with Crippen LogP contribution in [0.3, 0.4) is 0 Å². The molecule has 17 heavy (non-hydrogen) atoms. The van der Waals surface area contributed by atoms with Gasteiger partial charge in [-0.05, 0) is 25.6 Å². The first-order chi connectivity index (χ1) is 8.33. The van der Waals surface area contributed by atoms with E-state index in [-0.39, 0.29) is 0 Å². The lowest BCUT2D eigenvalue weighted by Crippen LogP contribution is -2.11. The third-order valence-corrected chi connectivity index (χ3v) is 2.57. The topological polar surface area (TPSA) is 55.9 Å². The summed E-state index contributed by atoms with van der Waals surface area (Å²) in [6.07, 6.45) is 3.90. The van der Waals surface area contributed by atoms with Crippen molar-refractivity contribution in [3.05, 3.63) is 35.7 Å². The van der Waals surface area contributed by atoms with Crippen molar-refractivity contribution in [2.75, 3.05) is 7.05 Å². The Morgan fingerprint density at radius 3 is 3.12 bits per heavy atom. The maximum absolute atomic E-state index is 5.16. The van der Waals surface area contributed by atoms with Crippen LogP contribution in [0.2, 0.25) is 0 Å². The molecule has 5 nitrogen and oxygen atoms in total. The Morgan fingerprint density at radius 1 is 1.47 bits per heavy atom. The van der Waals surface area contributed by atoms with E-state index < -0.39 is 0 Å². The van der Waals surface area contributed by atoms with Crippen molar-refractivity contribution in [1.29, 1.82) is 0 Å². The largest absolute Gasteiger partial charge is 0.342 e. The number of hydrogen-bond acceptors (Lipinski definition) is 4. The molecule has 2 rings (SSSR count). The van der Waals surface area contributed by atoms with Crippen LogP contribution < -0.4 is 5.32 Å². The van der Waals surface area contributed by atoms with Gasteiger partial charge < -0.3 is 14.4 Å². The van der Waals surface area contributed by atoms with Crippen LogP contribution in [0, 0.1) is 0 Å². The average molecular weight is 234 g/mol. The molecule has 0 aliphatic rings. The summed E-state index contributed by atoms with van der Waals surface area (Å²) in [6.45, 7) is 3.60. The highest BCUT2D eigenvalue weighted by atomic mass is 16.5. The Labute approximate surface area is 101 Å². The van der Waals surface area contributed by atoms with E-state index in [1.807, 2.05) is 19.3 Å². The standard InChI is InChI=1S/C12H18N4O/c1-3-5-12-14-11(15-17-12)9-16-7-4-6-10(16)8-13-2/h4,6-7,13H,3,5,8-9H2,1-2H3. The summed E-state index contributed by atoms with van der Waals surface area (Å²) in [5, 5.41) is 7.12. The fraction of sp³-hybridized carbons (Fsp3) is 0.500. The van der Waals surface area contributed by atoms with Crippen molar-refractivity contribution in [2.24, 2.45) is 0 Å². The number of hydrogen-bond donors (Lipinski definition) is 1. The molecule has 0 saturated carbocycles. The summed E-state index contributed by atoms with van der Waals surface area (Å²) in [6, 6.07) is 4.11. The van der Waals surface area contributed by atoms with Gasteiger partial charge in [-0.25, -0.2) is 0 Å². The van der Waals surface area contributed by atoms with Gasteiger partial charge in [-0.15, -0.1) is 0 Å². The summed E-state index contributed by atoms with van der Waals surface area (Å²) >= 11 is 0. The second-order valence-corrected chi connectivity index (χ2v) is 4.01. The van der Waals surface area contributed by atoms with Crippen LogP contribution in [0.1, 0.15) is 30.8 Å². The van der Waals surface area contributed by atoms with Crippen LogP contribution in [0.4, 0.5) is 0 Å². The first kappa shape index (κ1) is 11.9. The molecule has 2 heterocycles. The molecule has 2 aromatic heterocycles. The molecule has 0 unspecified atom stereocenters. The maximum Gasteiger partial charge on any atom is 0.226 e. The number of nitrogens with one attached hydrogen (secondary N) is 1. The molecule has 2 aromatic rings. The van der Waals surface area contributed by atoms with E-state index >= 15 is 0 Å². The minimum Gasteiger partial charge on any atom is -0.342 e. The fourth-order valence-corrected chi connectivity index (χ4v) is 1.77. The van der Waals surface area contributed by atoms with E-state index in [0.29, 0.717) is 6.54 Å². The van der Waals surface area contributed by atoms with Crippen molar-refractivity contribution in [3.8, 4) is 0 Å². The molecule has 0 saturated heterocycles. The van der Waals surface area contributed by atoms with Crippen molar-refractivity contribution in [3.63, 3.8) is 0 Å². The van der Waals surface area contributed by atoms with Gasteiger partial charge in [0.15, 0.2) is 5.82 Å². The predicted molar refractivity (Wildman–Crippen MR) is 64.6 cm³/mol. The summed E-state index contributed by atoms with van der Waals surface area (Å²) in [7, 11) is 1.94. The Morgan fingerprint density at radius 2 is 2.35 bits per heavy atom. The van der Waals surface area contributed by atoms with Crippen LogP contribution in [0.15, 0.2) is 22.9 Å². The van der Waals surface area contributed by atoms with Crippen LogP contribution >= 0.6 is 0 Å². The first-order valence-electron chi connectivity index (χ1n) is 5.93. The minimum atomic E-state index is 0.664. The highest BCUT2D eigenvalue weighted by molar-refractivity contribution is 5.08. The molecule has 0 bridgehead atoms. The highest BCUT2D eigenvalue weighted by Gasteiger charge is 2.07. The first-order valence-corrected chi connectivity index (χ1v) is 5.93. The van der Waals surface area contributed by atoms with Crippen LogP contribution in [-0.4, -0.2) is 21.8 Å². The zero-order valence-electron chi connectivity index (χ0n) is 10.3. The zero-order valence-corrected chi connectivity index (χ0v) is 10.3. The fourth-order valence-electron chi connectivity index (χ4n) is 1.77. The normalized spacial score (nSPS) is 10.9. The Hall–Kier alpha value is -1.62. The SMILES string of the molecule is CCCc1nc(Cn2cccc2CNC)no1. The Balaban J connectivity index is 2.05. The lowest BCUT2D eigenvalue weighted by molar-refractivity contribution is 0.371. The Bertz CT molecular complexity index is 461. The maximum atomic E-state index is 5.16. The van der Waals surface area contributed by atoms with Gasteiger partial charge in [-0.3, -0.25) is 0 Å². The lowest BCUT2D eigenvalue weighted by atomic mass is 10.3. The average Bonchev–Trinajstić information content (AvgIpc) is 2.91. The van der Waals surface area contributed by atoms with E-state index in [0.717, 1.165) is 31.1 Å². The van der Waals surface area contributed by atoms with Gasteiger partial charge >= 0.3 is 0 Å². The molecule has 92 valence electrons. The van der Waals surface area contributed by atoms with Crippen LogP contribution in [-0.2, 0) is 19.5 Å². The third-order valence-electron chi connectivity index (χ3n) is 2.57. The third kappa shape index (κ3) is 2.94. The lowest BCUT2D eigenvalue weighted by Gasteiger charge is -2.05. The molecule has 0 aliphatic carbocycles. The van der Waals surface area contributed by atoms with Crippen molar-refractivity contribution < 1.29 is 4.52 Å². The van der Waals surface area contributed by atoms with E-state index in [1.54, 1.807) is 0 Å². The molecule has 0 amide bonds. The highest BCUT2D eigenvalue weighted by Crippen LogP contribution is 2.07. The molecular weight excluding hydrogens is 216 g/mol. The molecule has 0 atom stereocenters. The van der Waals surface area contributed by atoms with Crippen LogP contribution in [0.25, 0.3) is 0 Å². The summed E-state index contributed by atoms with van der Waals surface area (Å²) in [5.41, 5.74) is 1.22. The van der Waals surface area contributed by atoms with Crippen molar-refractivity contribution in [1.82, 2.24) is 20.0 Å². The second kappa shape index (κ2) is 5.63. The van der Waals surface area contributed by atoms with Gasteiger partial charge in [0.05, 0.1) is 6.54 Å². The van der Waals surface area contributed by atoms with E-state index in [1.165, 1.54) is 5.69 Å². The summed E-state index contributed by atoms with van der Waals surface area (Å²) < 4.78 is 7.29. The smallest absolute Gasteiger partial charge is 0.226 e. The van der Waals surface area contributed by atoms with Gasteiger partial charge in [-0.1, -0.05) is 12.1 Å². The molecule has 0 aliphatic heterocycles. The number of nitrogens with zero attached hydrogens (tertiary/aromatic N) is 3. The predicted octanol–water partition coefficient (Wildman–Crippen LogP) is 1.59. The van der Waals surface area contributed by atoms with Crippen molar-refractivity contribution >= 4 is 0 Å². The van der Waals surface area contributed by atoms with Gasteiger partial charge in [0.2, 0.25) is 5.89 Å². The van der Waals surface area contributed by atoms with Gasteiger partial charge in [0.1, 0.15) is 0 Å². The van der Waals surface area contributed by atoms with Gasteiger partial charge in [-0.2, -0.15) is 4.98 Å². The van der Waals surface area contributed by atoms with E-state index in [9.17, 15) is 0 Å². The number of aryl methyl sites for hydroxylation is 1. The molecule has 0 aromatic carbocycles. The number of rotatable bonds is 6. The van der Waals surface area contributed by atoms with Gasteiger partial charge in [0.25, 0.3) is 0 Å². The quantitative estimate of drug-likeness (QED) is 0.824. The molecule has 0 fully saturated rings. The number of aromatic nitrogens is 3. The minimum absolute atomic E-state index is 0.664. The zero-order chi connectivity index (χ0) is 12.1. The Kier molecular flexibility index (Phi) is 3.93. The monoisotopic (exact) mass is 234 g/mol. The van der Waals surface area contributed by atoms with E-state index in [4.69, 9.17) is 4.52 Å². The molecule has 1 N–H and O–H groups in total.